The molecule has 6 nitrogen and oxygen atoms in total. The number of carbonyl (C=O) groups is 1. The Morgan fingerprint density at radius 1 is 1.08 bits per heavy atom. The van der Waals surface area contributed by atoms with Gasteiger partial charge < -0.3 is 14.2 Å². The monoisotopic (exact) mass is 376 g/mol. The first kappa shape index (κ1) is 19.6. The van der Waals surface area contributed by atoms with Crippen molar-refractivity contribution in [1.82, 2.24) is 5.43 Å². The van der Waals surface area contributed by atoms with Gasteiger partial charge in [0.2, 0.25) is 0 Å². The summed E-state index contributed by atoms with van der Waals surface area (Å²) in [5.41, 5.74) is 2.12. The lowest BCUT2D eigenvalue weighted by Crippen LogP contribution is -2.44. The predicted molar refractivity (Wildman–Crippen MR) is 101 cm³/mol. The second-order valence-electron chi connectivity index (χ2n) is 5.88. The van der Waals surface area contributed by atoms with E-state index in [1.54, 1.807) is 70.5 Å². The van der Waals surface area contributed by atoms with Crippen molar-refractivity contribution in [2.24, 2.45) is 5.10 Å². The molecule has 0 atom stereocenters. The van der Waals surface area contributed by atoms with Crippen molar-refractivity contribution in [2.45, 2.75) is 19.4 Å². The van der Waals surface area contributed by atoms with Crippen LogP contribution >= 0.6 is 11.6 Å². The van der Waals surface area contributed by atoms with Crippen LogP contribution in [-0.4, -0.2) is 31.9 Å². The third-order valence-electron chi connectivity index (χ3n) is 3.52. The van der Waals surface area contributed by atoms with Crippen LogP contribution in [0.2, 0.25) is 5.02 Å². The largest absolute Gasteiger partial charge is 0.493 e. The van der Waals surface area contributed by atoms with Crippen LogP contribution in [0.3, 0.4) is 0 Å². The molecule has 26 heavy (non-hydrogen) atoms. The average Bonchev–Trinajstić information content (AvgIpc) is 2.63. The molecular formula is C19H21ClN2O4. The van der Waals surface area contributed by atoms with Crippen molar-refractivity contribution in [3.05, 3.63) is 53.1 Å². The van der Waals surface area contributed by atoms with Gasteiger partial charge in [0.25, 0.3) is 5.91 Å². The topological polar surface area (TPSA) is 69.2 Å². The third kappa shape index (κ3) is 5.13. The van der Waals surface area contributed by atoms with Gasteiger partial charge in [0.15, 0.2) is 17.1 Å². The number of hydrazone groups is 1. The molecule has 0 aliphatic carbocycles. The first-order chi connectivity index (χ1) is 12.4. The Hall–Kier alpha value is -2.73. The molecule has 0 saturated carbocycles. The van der Waals surface area contributed by atoms with Gasteiger partial charge in [0, 0.05) is 5.02 Å². The highest BCUT2D eigenvalue weighted by molar-refractivity contribution is 6.30. The maximum atomic E-state index is 12.3. The Morgan fingerprint density at radius 2 is 1.73 bits per heavy atom. The van der Waals surface area contributed by atoms with Crippen LogP contribution in [0.1, 0.15) is 19.4 Å². The SMILES string of the molecule is COc1ccc(/C=N\NC(=O)C(C)(C)Oc2ccc(Cl)cc2)cc1OC. The highest BCUT2D eigenvalue weighted by atomic mass is 35.5. The van der Waals surface area contributed by atoms with Gasteiger partial charge >= 0.3 is 0 Å². The lowest BCUT2D eigenvalue weighted by atomic mass is 10.1. The lowest BCUT2D eigenvalue weighted by Gasteiger charge is -2.24. The van der Waals surface area contributed by atoms with E-state index in [1.165, 1.54) is 6.21 Å². The molecule has 2 aromatic rings. The number of methoxy groups -OCH3 is 2. The molecule has 0 heterocycles. The normalized spacial score (nSPS) is 11.3. The van der Waals surface area contributed by atoms with Crippen molar-refractivity contribution in [3.63, 3.8) is 0 Å². The fourth-order valence-corrected chi connectivity index (χ4v) is 2.20. The number of benzene rings is 2. The highest BCUT2D eigenvalue weighted by Crippen LogP contribution is 2.27. The third-order valence-corrected chi connectivity index (χ3v) is 3.77. The molecule has 0 aliphatic heterocycles. The Morgan fingerprint density at radius 3 is 2.35 bits per heavy atom. The zero-order valence-electron chi connectivity index (χ0n) is 15.1. The molecule has 0 spiro atoms. The number of halogens is 1. The van der Waals surface area contributed by atoms with Crippen LogP contribution in [0, 0.1) is 0 Å². The minimum absolute atomic E-state index is 0.385. The molecule has 0 aromatic heterocycles. The molecule has 0 saturated heterocycles. The van der Waals surface area contributed by atoms with E-state index in [0.717, 1.165) is 5.56 Å². The van der Waals surface area contributed by atoms with Crippen molar-refractivity contribution < 1.29 is 19.0 Å². The fraction of sp³-hybridized carbons (Fsp3) is 0.263. The standard InChI is InChI=1S/C19H21ClN2O4/c1-19(2,26-15-8-6-14(20)7-9-15)18(23)22-21-12-13-5-10-16(24-3)17(11-13)25-4/h5-12H,1-4H3,(H,22,23)/b21-12-. The summed E-state index contributed by atoms with van der Waals surface area (Å²) in [6, 6.07) is 12.1. The number of nitrogens with zero attached hydrogens (tertiary/aromatic N) is 1. The van der Waals surface area contributed by atoms with Gasteiger partial charge in [-0.3, -0.25) is 4.79 Å². The van der Waals surface area contributed by atoms with Gasteiger partial charge in [-0.05, 0) is 61.9 Å². The number of amides is 1. The quantitative estimate of drug-likeness (QED) is 0.591. The minimum atomic E-state index is -1.11. The van der Waals surface area contributed by atoms with Crippen LogP contribution in [0.25, 0.3) is 0 Å². The van der Waals surface area contributed by atoms with Gasteiger partial charge in [0.05, 0.1) is 20.4 Å². The lowest BCUT2D eigenvalue weighted by molar-refractivity contribution is -0.134. The van der Waals surface area contributed by atoms with Crippen molar-refractivity contribution in [1.29, 1.82) is 0 Å². The van der Waals surface area contributed by atoms with Crippen LogP contribution < -0.4 is 19.6 Å². The first-order valence-corrected chi connectivity index (χ1v) is 8.23. The molecule has 1 N–H and O–H groups in total. The first-order valence-electron chi connectivity index (χ1n) is 7.86. The summed E-state index contributed by atoms with van der Waals surface area (Å²) in [4.78, 5) is 12.3. The summed E-state index contributed by atoms with van der Waals surface area (Å²) < 4.78 is 16.1. The Bertz CT molecular complexity index is 789. The van der Waals surface area contributed by atoms with E-state index < -0.39 is 5.60 Å². The van der Waals surface area contributed by atoms with E-state index in [0.29, 0.717) is 22.3 Å². The highest BCUT2D eigenvalue weighted by Gasteiger charge is 2.29. The zero-order valence-corrected chi connectivity index (χ0v) is 15.8. The van der Waals surface area contributed by atoms with E-state index in [2.05, 4.69) is 10.5 Å². The molecule has 138 valence electrons. The number of carbonyl (C=O) groups excluding carboxylic acids is 1. The van der Waals surface area contributed by atoms with E-state index in [9.17, 15) is 4.79 Å². The fourth-order valence-electron chi connectivity index (χ4n) is 2.08. The Labute approximate surface area is 157 Å². The van der Waals surface area contributed by atoms with E-state index in [1.807, 2.05) is 0 Å². The molecule has 0 unspecified atom stereocenters. The molecular weight excluding hydrogens is 356 g/mol. The molecule has 0 aliphatic rings. The summed E-state index contributed by atoms with van der Waals surface area (Å²) in [5, 5.41) is 4.57. The van der Waals surface area contributed by atoms with Crippen molar-refractivity contribution in [2.75, 3.05) is 14.2 Å². The molecule has 7 heteroatoms. The van der Waals surface area contributed by atoms with E-state index in [4.69, 9.17) is 25.8 Å². The molecule has 2 rings (SSSR count). The van der Waals surface area contributed by atoms with Gasteiger partial charge in [-0.15, -0.1) is 0 Å². The van der Waals surface area contributed by atoms with Crippen LogP contribution in [-0.2, 0) is 4.79 Å². The van der Waals surface area contributed by atoms with Crippen LogP contribution in [0.15, 0.2) is 47.6 Å². The Balaban J connectivity index is 2.00. The molecule has 2 aromatic carbocycles. The second kappa shape index (κ2) is 8.58. The van der Waals surface area contributed by atoms with Gasteiger partial charge in [-0.25, -0.2) is 5.43 Å². The van der Waals surface area contributed by atoms with Crippen LogP contribution in [0.4, 0.5) is 0 Å². The number of hydrogen-bond donors (Lipinski definition) is 1. The smallest absolute Gasteiger partial charge is 0.283 e. The molecule has 0 radical (unpaired) electrons. The average molecular weight is 377 g/mol. The molecule has 1 amide bonds. The summed E-state index contributed by atoms with van der Waals surface area (Å²) in [6.07, 6.45) is 1.51. The summed E-state index contributed by atoms with van der Waals surface area (Å²) in [7, 11) is 3.12. The number of hydrogen-bond acceptors (Lipinski definition) is 5. The van der Waals surface area contributed by atoms with Gasteiger partial charge in [-0.1, -0.05) is 11.6 Å². The summed E-state index contributed by atoms with van der Waals surface area (Å²) in [5.74, 6) is 1.35. The second-order valence-corrected chi connectivity index (χ2v) is 6.32. The van der Waals surface area contributed by atoms with E-state index >= 15 is 0 Å². The summed E-state index contributed by atoms with van der Waals surface area (Å²) >= 11 is 5.84. The number of rotatable bonds is 7. The predicted octanol–water partition coefficient (Wildman–Crippen LogP) is 3.66. The molecule has 0 fully saturated rings. The Kier molecular flexibility index (Phi) is 6.46. The number of ether oxygens (including phenoxy) is 3. The molecule has 0 bridgehead atoms. The van der Waals surface area contributed by atoms with Crippen LogP contribution in [0.5, 0.6) is 17.2 Å². The number of nitrogens with one attached hydrogen (secondary N) is 1. The van der Waals surface area contributed by atoms with Gasteiger partial charge in [-0.2, -0.15) is 5.10 Å². The zero-order chi connectivity index (χ0) is 19.2. The van der Waals surface area contributed by atoms with Crippen molar-refractivity contribution >= 4 is 23.7 Å². The minimum Gasteiger partial charge on any atom is -0.493 e. The van der Waals surface area contributed by atoms with Gasteiger partial charge in [0.1, 0.15) is 5.75 Å². The maximum absolute atomic E-state index is 12.3. The van der Waals surface area contributed by atoms with E-state index in [-0.39, 0.29) is 5.91 Å². The summed E-state index contributed by atoms with van der Waals surface area (Å²) in [6.45, 7) is 3.31. The maximum Gasteiger partial charge on any atom is 0.283 e. The van der Waals surface area contributed by atoms with Crippen molar-refractivity contribution in [3.8, 4) is 17.2 Å².